The van der Waals surface area contributed by atoms with E-state index in [2.05, 4.69) is 20.6 Å². The predicted octanol–water partition coefficient (Wildman–Crippen LogP) is 1.89. The molecule has 112 valence electrons. The molecule has 0 amide bonds. The van der Waals surface area contributed by atoms with Gasteiger partial charge < -0.3 is 15.7 Å². The van der Waals surface area contributed by atoms with Gasteiger partial charge in [-0.05, 0) is 26.2 Å². The van der Waals surface area contributed by atoms with Crippen LogP contribution in [-0.2, 0) is 11.3 Å². The van der Waals surface area contributed by atoms with Crippen LogP contribution in [0.4, 0.5) is 5.95 Å². The van der Waals surface area contributed by atoms with Gasteiger partial charge in [0.1, 0.15) is 6.04 Å². The minimum atomic E-state index is -0.822. The second-order valence-corrected chi connectivity index (χ2v) is 5.62. The maximum absolute atomic E-state index is 11.1. The zero-order valence-corrected chi connectivity index (χ0v) is 12.6. The van der Waals surface area contributed by atoms with Gasteiger partial charge in [-0.2, -0.15) is 0 Å². The molecule has 1 atom stereocenters. The lowest BCUT2D eigenvalue weighted by Crippen LogP contribution is -2.37. The lowest BCUT2D eigenvalue weighted by atomic mass is 10.0. The average Bonchev–Trinajstić information content (AvgIpc) is 2.34. The van der Waals surface area contributed by atoms with Crippen molar-refractivity contribution in [3.63, 3.8) is 0 Å². The monoisotopic (exact) mass is 280 g/mol. The van der Waals surface area contributed by atoms with E-state index in [1.165, 1.54) is 0 Å². The van der Waals surface area contributed by atoms with Crippen LogP contribution in [0.15, 0.2) is 12.4 Å². The van der Waals surface area contributed by atoms with Crippen LogP contribution >= 0.6 is 0 Å². The van der Waals surface area contributed by atoms with Gasteiger partial charge >= 0.3 is 5.97 Å². The fraction of sp³-hybridized carbons (Fsp3) is 0.643. The molecule has 1 aromatic rings. The Balaban J connectivity index is 2.53. The van der Waals surface area contributed by atoms with Crippen molar-refractivity contribution in [3.05, 3.63) is 18.0 Å². The number of carboxylic acids is 1. The summed E-state index contributed by atoms with van der Waals surface area (Å²) in [5.74, 6) is 0.0934. The molecule has 0 radical (unpaired) electrons. The van der Waals surface area contributed by atoms with Crippen molar-refractivity contribution in [3.8, 4) is 0 Å². The number of nitrogens with zero attached hydrogens (tertiary/aromatic N) is 2. The van der Waals surface area contributed by atoms with E-state index in [1.807, 2.05) is 27.7 Å². The maximum Gasteiger partial charge on any atom is 0.320 e. The summed E-state index contributed by atoms with van der Waals surface area (Å²) < 4.78 is 0. The third kappa shape index (κ3) is 5.97. The quantitative estimate of drug-likeness (QED) is 0.674. The summed E-state index contributed by atoms with van der Waals surface area (Å²) in [6.45, 7) is 8.50. The molecule has 20 heavy (non-hydrogen) atoms. The molecule has 0 aliphatic heterocycles. The Morgan fingerprint density at radius 2 is 1.85 bits per heavy atom. The summed E-state index contributed by atoms with van der Waals surface area (Å²) in [5.41, 5.74) is 0.870. The third-order valence-electron chi connectivity index (χ3n) is 2.68. The van der Waals surface area contributed by atoms with Crippen molar-refractivity contribution in [2.24, 2.45) is 5.92 Å². The number of aliphatic carboxylic acids is 1. The second kappa shape index (κ2) is 7.79. The lowest BCUT2D eigenvalue weighted by Gasteiger charge is -2.16. The Bertz CT molecular complexity index is 418. The first-order valence-corrected chi connectivity index (χ1v) is 6.92. The molecule has 0 aliphatic rings. The highest BCUT2D eigenvalue weighted by atomic mass is 16.4. The molecule has 0 aromatic carbocycles. The second-order valence-electron chi connectivity index (χ2n) is 5.62. The van der Waals surface area contributed by atoms with Gasteiger partial charge in [0.25, 0.3) is 0 Å². The fourth-order valence-electron chi connectivity index (χ4n) is 1.76. The van der Waals surface area contributed by atoms with Crippen LogP contribution in [0.25, 0.3) is 0 Å². The largest absolute Gasteiger partial charge is 0.480 e. The number of carboxylic acid groups (broad SMARTS) is 1. The standard InChI is InChI=1S/C14H24N4O2/c1-9(2)5-12(13(19)20)15-6-11-7-16-14(17-8-11)18-10(3)4/h7-10,12,15H,5-6H2,1-4H3,(H,19,20)(H,16,17,18)/t12-/m0/s1. The van der Waals surface area contributed by atoms with E-state index in [0.29, 0.717) is 24.8 Å². The van der Waals surface area contributed by atoms with E-state index in [9.17, 15) is 4.79 Å². The summed E-state index contributed by atoms with van der Waals surface area (Å²) in [4.78, 5) is 19.5. The molecular weight excluding hydrogens is 256 g/mol. The molecule has 0 bridgehead atoms. The summed E-state index contributed by atoms with van der Waals surface area (Å²) in [6.07, 6.45) is 4.02. The fourth-order valence-corrected chi connectivity index (χ4v) is 1.76. The predicted molar refractivity (Wildman–Crippen MR) is 78.5 cm³/mol. The summed E-state index contributed by atoms with van der Waals surface area (Å²) >= 11 is 0. The number of hydrogen-bond donors (Lipinski definition) is 3. The van der Waals surface area contributed by atoms with Crippen LogP contribution in [0.5, 0.6) is 0 Å². The molecular formula is C14H24N4O2. The molecule has 1 aromatic heterocycles. The van der Waals surface area contributed by atoms with Crippen LogP contribution < -0.4 is 10.6 Å². The van der Waals surface area contributed by atoms with E-state index in [1.54, 1.807) is 12.4 Å². The molecule has 0 saturated carbocycles. The first kappa shape index (κ1) is 16.4. The Hall–Kier alpha value is -1.69. The van der Waals surface area contributed by atoms with E-state index < -0.39 is 12.0 Å². The summed E-state index contributed by atoms with van der Waals surface area (Å²) in [5, 5.41) is 15.3. The van der Waals surface area contributed by atoms with Crippen LogP contribution in [0.2, 0.25) is 0 Å². The first-order valence-electron chi connectivity index (χ1n) is 6.92. The Morgan fingerprint density at radius 1 is 1.25 bits per heavy atom. The maximum atomic E-state index is 11.1. The summed E-state index contributed by atoms with van der Waals surface area (Å²) in [6, 6.07) is -0.259. The normalized spacial score (nSPS) is 12.7. The van der Waals surface area contributed by atoms with E-state index in [4.69, 9.17) is 5.11 Å². The highest BCUT2D eigenvalue weighted by Gasteiger charge is 2.17. The van der Waals surface area contributed by atoms with E-state index >= 15 is 0 Å². The number of carbonyl (C=O) groups is 1. The molecule has 6 nitrogen and oxygen atoms in total. The smallest absolute Gasteiger partial charge is 0.320 e. The number of nitrogens with one attached hydrogen (secondary N) is 2. The van der Waals surface area contributed by atoms with Crippen LogP contribution in [0.3, 0.4) is 0 Å². The van der Waals surface area contributed by atoms with Crippen molar-refractivity contribution in [1.29, 1.82) is 0 Å². The molecule has 0 spiro atoms. The van der Waals surface area contributed by atoms with Crippen molar-refractivity contribution >= 4 is 11.9 Å². The molecule has 3 N–H and O–H groups in total. The van der Waals surface area contributed by atoms with Crippen LogP contribution in [0, 0.1) is 5.92 Å². The average molecular weight is 280 g/mol. The summed E-state index contributed by atoms with van der Waals surface area (Å²) in [7, 11) is 0. The lowest BCUT2D eigenvalue weighted by molar-refractivity contribution is -0.140. The number of anilines is 1. The van der Waals surface area contributed by atoms with Crippen molar-refractivity contribution in [2.45, 2.75) is 52.7 Å². The Morgan fingerprint density at radius 3 is 2.30 bits per heavy atom. The minimum absolute atomic E-state index is 0.279. The number of rotatable bonds is 8. The Kier molecular flexibility index (Phi) is 6.38. The zero-order chi connectivity index (χ0) is 15.1. The van der Waals surface area contributed by atoms with Crippen LogP contribution in [-0.4, -0.2) is 33.1 Å². The van der Waals surface area contributed by atoms with Gasteiger partial charge in [0.2, 0.25) is 5.95 Å². The molecule has 0 unspecified atom stereocenters. The van der Waals surface area contributed by atoms with Crippen molar-refractivity contribution in [2.75, 3.05) is 5.32 Å². The highest BCUT2D eigenvalue weighted by Crippen LogP contribution is 2.07. The van der Waals surface area contributed by atoms with Gasteiger partial charge in [-0.3, -0.25) is 4.79 Å². The van der Waals surface area contributed by atoms with E-state index in [0.717, 1.165) is 5.56 Å². The minimum Gasteiger partial charge on any atom is -0.480 e. The van der Waals surface area contributed by atoms with E-state index in [-0.39, 0.29) is 6.04 Å². The van der Waals surface area contributed by atoms with Gasteiger partial charge in [-0.1, -0.05) is 13.8 Å². The molecule has 0 saturated heterocycles. The topological polar surface area (TPSA) is 87.1 Å². The van der Waals surface area contributed by atoms with Crippen LogP contribution in [0.1, 0.15) is 39.7 Å². The zero-order valence-electron chi connectivity index (χ0n) is 12.6. The number of aromatic nitrogens is 2. The van der Waals surface area contributed by atoms with Gasteiger partial charge in [-0.25, -0.2) is 9.97 Å². The molecule has 0 fully saturated rings. The Labute approximate surface area is 120 Å². The third-order valence-corrected chi connectivity index (χ3v) is 2.68. The highest BCUT2D eigenvalue weighted by molar-refractivity contribution is 5.73. The van der Waals surface area contributed by atoms with Gasteiger partial charge in [-0.15, -0.1) is 0 Å². The molecule has 1 heterocycles. The van der Waals surface area contributed by atoms with Crippen molar-refractivity contribution in [1.82, 2.24) is 15.3 Å². The molecule has 6 heteroatoms. The molecule has 1 rings (SSSR count). The van der Waals surface area contributed by atoms with Gasteiger partial charge in [0.15, 0.2) is 0 Å². The number of hydrogen-bond acceptors (Lipinski definition) is 5. The van der Waals surface area contributed by atoms with Gasteiger partial charge in [0.05, 0.1) is 0 Å². The first-order chi connectivity index (χ1) is 9.38. The van der Waals surface area contributed by atoms with Crippen molar-refractivity contribution < 1.29 is 9.90 Å². The molecule has 0 aliphatic carbocycles. The SMILES string of the molecule is CC(C)C[C@H](NCc1cnc(NC(C)C)nc1)C(=O)O. The van der Waals surface area contributed by atoms with Gasteiger partial charge in [0, 0.05) is 30.5 Å².